The Morgan fingerprint density at radius 2 is 2.16 bits per heavy atom. The lowest BCUT2D eigenvalue weighted by atomic mass is 10.2. The maximum Gasteiger partial charge on any atom is 0.257 e. The first kappa shape index (κ1) is 19.7. The molecule has 0 spiro atoms. The van der Waals surface area contributed by atoms with Gasteiger partial charge in [0.15, 0.2) is 16.6 Å². The quantitative estimate of drug-likeness (QED) is 0.490. The maximum absolute atomic E-state index is 13.9. The van der Waals surface area contributed by atoms with Crippen LogP contribution in [0.3, 0.4) is 0 Å². The van der Waals surface area contributed by atoms with Crippen LogP contribution in [-0.2, 0) is 6.61 Å². The van der Waals surface area contributed by atoms with Crippen LogP contribution in [0.15, 0.2) is 30.3 Å². The highest BCUT2D eigenvalue weighted by atomic mass is 127. The van der Waals surface area contributed by atoms with Gasteiger partial charge in [0.25, 0.3) is 5.91 Å². The van der Waals surface area contributed by atoms with Gasteiger partial charge >= 0.3 is 0 Å². The number of amides is 1. The van der Waals surface area contributed by atoms with E-state index in [9.17, 15) is 9.18 Å². The second-order valence-electron chi connectivity index (χ2n) is 4.80. The van der Waals surface area contributed by atoms with E-state index in [0.29, 0.717) is 20.6 Å². The van der Waals surface area contributed by atoms with Gasteiger partial charge in [0.2, 0.25) is 0 Å². The Morgan fingerprint density at radius 3 is 2.76 bits per heavy atom. The third-order valence-corrected chi connectivity index (χ3v) is 4.41. The van der Waals surface area contributed by atoms with Crippen LogP contribution in [0.2, 0.25) is 5.02 Å². The van der Waals surface area contributed by atoms with Gasteiger partial charge in [0.05, 0.1) is 15.7 Å². The molecular weight excluding hydrogens is 482 g/mol. The van der Waals surface area contributed by atoms with E-state index in [1.54, 1.807) is 12.1 Å². The zero-order valence-electron chi connectivity index (χ0n) is 12.9. The molecule has 0 saturated heterocycles. The average molecular weight is 495 g/mol. The van der Waals surface area contributed by atoms with Gasteiger partial charge in [-0.1, -0.05) is 17.7 Å². The van der Waals surface area contributed by atoms with Crippen LogP contribution in [-0.4, -0.2) is 18.1 Å². The lowest BCUT2D eigenvalue weighted by molar-refractivity contribution is 0.0977. The van der Waals surface area contributed by atoms with Gasteiger partial charge in [-0.15, -0.1) is 0 Å². The molecule has 132 valence electrons. The summed E-state index contributed by atoms with van der Waals surface area (Å²) in [6, 6.07) is 7.45. The molecule has 1 amide bonds. The highest BCUT2D eigenvalue weighted by Crippen LogP contribution is 2.35. The van der Waals surface area contributed by atoms with E-state index in [2.05, 4.69) is 17.5 Å². The largest absolute Gasteiger partial charge is 0.493 e. The zero-order chi connectivity index (χ0) is 18.6. The van der Waals surface area contributed by atoms with Gasteiger partial charge < -0.3 is 15.2 Å². The average Bonchev–Trinajstić information content (AvgIpc) is 2.54. The van der Waals surface area contributed by atoms with Crippen LogP contribution < -0.4 is 20.5 Å². The van der Waals surface area contributed by atoms with Crippen molar-refractivity contribution in [3.8, 4) is 11.5 Å². The summed E-state index contributed by atoms with van der Waals surface area (Å²) in [5.41, 5.74) is 5.83. The predicted octanol–water partition coefficient (Wildman–Crippen LogP) is 3.64. The van der Waals surface area contributed by atoms with E-state index in [4.69, 9.17) is 26.8 Å². The van der Waals surface area contributed by atoms with E-state index < -0.39 is 11.7 Å². The van der Waals surface area contributed by atoms with E-state index in [0.717, 1.165) is 0 Å². The number of nitrogens with two attached hydrogens (primary N) is 1. The van der Waals surface area contributed by atoms with Crippen LogP contribution in [0.25, 0.3) is 0 Å². The summed E-state index contributed by atoms with van der Waals surface area (Å²) in [7, 11) is 1.43. The molecule has 0 saturated carbocycles. The van der Waals surface area contributed by atoms with Crippen LogP contribution in [0.5, 0.6) is 11.5 Å². The molecule has 0 fully saturated rings. The predicted molar refractivity (Wildman–Crippen MR) is 106 cm³/mol. The molecule has 0 bridgehead atoms. The molecule has 9 heteroatoms. The van der Waals surface area contributed by atoms with E-state index >= 15 is 0 Å². The molecule has 0 aliphatic carbocycles. The Hall–Kier alpha value is -1.65. The lowest BCUT2D eigenvalue weighted by Crippen LogP contribution is -2.34. The van der Waals surface area contributed by atoms with Crippen molar-refractivity contribution in [2.24, 2.45) is 5.73 Å². The minimum Gasteiger partial charge on any atom is -0.493 e. The molecule has 0 unspecified atom stereocenters. The SMILES string of the molecule is COc1cc(C(=O)NC(N)=S)cc(I)c1OCc1c(F)cccc1Cl. The van der Waals surface area contributed by atoms with Crippen molar-refractivity contribution in [3.63, 3.8) is 0 Å². The topological polar surface area (TPSA) is 73.6 Å². The number of methoxy groups -OCH3 is 1. The Kier molecular flexibility index (Phi) is 6.79. The highest BCUT2D eigenvalue weighted by molar-refractivity contribution is 14.1. The van der Waals surface area contributed by atoms with Crippen molar-refractivity contribution >= 4 is 57.4 Å². The van der Waals surface area contributed by atoms with E-state index in [1.807, 2.05) is 22.6 Å². The number of hydrogen-bond acceptors (Lipinski definition) is 4. The van der Waals surface area contributed by atoms with Gasteiger partial charge in [-0.05, 0) is 59.1 Å². The summed E-state index contributed by atoms with van der Waals surface area (Å²) in [5.74, 6) is -0.247. The molecule has 2 aromatic rings. The lowest BCUT2D eigenvalue weighted by Gasteiger charge is -2.15. The Labute approximate surface area is 167 Å². The van der Waals surface area contributed by atoms with Crippen LogP contribution in [0.4, 0.5) is 4.39 Å². The molecule has 0 aliphatic rings. The molecule has 25 heavy (non-hydrogen) atoms. The first-order valence-corrected chi connectivity index (χ1v) is 8.74. The van der Waals surface area contributed by atoms with Gasteiger partial charge in [0.1, 0.15) is 12.4 Å². The number of ether oxygens (including phenoxy) is 2. The summed E-state index contributed by atoms with van der Waals surface area (Å²) in [5, 5.41) is 2.47. The fourth-order valence-electron chi connectivity index (χ4n) is 1.99. The van der Waals surface area contributed by atoms with Crippen LogP contribution in [0.1, 0.15) is 15.9 Å². The number of nitrogens with one attached hydrogen (secondary N) is 1. The summed E-state index contributed by atoms with van der Waals surface area (Å²) in [6.07, 6.45) is 0. The highest BCUT2D eigenvalue weighted by Gasteiger charge is 2.17. The zero-order valence-corrected chi connectivity index (χ0v) is 16.7. The third kappa shape index (κ3) is 4.93. The minimum atomic E-state index is -0.465. The molecule has 3 N–H and O–H groups in total. The summed E-state index contributed by atoms with van der Waals surface area (Å²) in [4.78, 5) is 12.0. The smallest absolute Gasteiger partial charge is 0.257 e. The van der Waals surface area contributed by atoms with E-state index in [-0.39, 0.29) is 22.3 Å². The summed E-state index contributed by atoms with van der Waals surface area (Å²) < 4.78 is 25.4. The Morgan fingerprint density at radius 1 is 1.44 bits per heavy atom. The van der Waals surface area contributed by atoms with Crippen molar-refractivity contribution in [1.82, 2.24) is 5.32 Å². The Balaban J connectivity index is 2.29. The summed E-state index contributed by atoms with van der Waals surface area (Å²) >= 11 is 12.6. The number of thiocarbonyl (C=S) groups is 1. The molecule has 2 rings (SSSR count). The molecule has 0 aromatic heterocycles. The van der Waals surface area contributed by atoms with Crippen LogP contribution >= 0.6 is 46.4 Å². The fourth-order valence-corrected chi connectivity index (χ4v) is 3.06. The summed E-state index contributed by atoms with van der Waals surface area (Å²) in [6.45, 7) is -0.0870. The number of benzene rings is 2. The van der Waals surface area contributed by atoms with E-state index in [1.165, 1.54) is 25.3 Å². The van der Waals surface area contributed by atoms with Gasteiger partial charge in [0, 0.05) is 11.1 Å². The van der Waals surface area contributed by atoms with Gasteiger partial charge in [-0.3, -0.25) is 10.1 Å². The van der Waals surface area contributed by atoms with Crippen molar-refractivity contribution in [1.29, 1.82) is 0 Å². The molecule has 0 atom stereocenters. The normalized spacial score (nSPS) is 10.2. The van der Waals surface area contributed by atoms with Crippen molar-refractivity contribution in [3.05, 3.63) is 55.9 Å². The molecule has 0 aliphatic heterocycles. The number of carbonyl (C=O) groups is 1. The van der Waals surface area contributed by atoms with Crippen molar-refractivity contribution in [2.45, 2.75) is 6.61 Å². The van der Waals surface area contributed by atoms with Crippen molar-refractivity contribution in [2.75, 3.05) is 7.11 Å². The number of carbonyl (C=O) groups excluding carboxylic acids is 1. The van der Waals surface area contributed by atoms with Crippen molar-refractivity contribution < 1.29 is 18.7 Å². The number of halogens is 3. The first-order chi connectivity index (χ1) is 11.8. The number of rotatable bonds is 5. The fraction of sp³-hybridized carbons (Fsp3) is 0.125. The molecular formula is C16H13ClFIN2O3S. The molecule has 0 radical (unpaired) electrons. The number of hydrogen-bond donors (Lipinski definition) is 2. The molecule has 0 heterocycles. The molecule has 2 aromatic carbocycles. The van der Waals surface area contributed by atoms with Gasteiger partial charge in [-0.25, -0.2) is 4.39 Å². The third-order valence-electron chi connectivity index (χ3n) is 3.15. The maximum atomic E-state index is 13.9. The minimum absolute atomic E-state index is 0.0870. The standard InChI is InChI=1S/C16H13ClFIN2O3S/c1-23-13-6-8(15(22)21-16(20)25)5-12(19)14(13)24-7-9-10(17)3-2-4-11(9)18/h2-6H,7H2,1H3,(H3,20,21,22,25). The Bertz CT molecular complexity index is 815. The second-order valence-corrected chi connectivity index (χ2v) is 6.81. The molecule has 5 nitrogen and oxygen atoms in total. The monoisotopic (exact) mass is 494 g/mol. The first-order valence-electron chi connectivity index (χ1n) is 6.87. The van der Waals surface area contributed by atoms with Gasteiger partial charge in [-0.2, -0.15) is 0 Å². The second kappa shape index (κ2) is 8.63. The van der Waals surface area contributed by atoms with Crippen LogP contribution in [0, 0.1) is 9.39 Å².